The van der Waals surface area contributed by atoms with Gasteiger partial charge < -0.3 is 9.47 Å². The van der Waals surface area contributed by atoms with Crippen molar-refractivity contribution in [1.82, 2.24) is 0 Å². The summed E-state index contributed by atoms with van der Waals surface area (Å²) in [6, 6.07) is 15.4. The van der Waals surface area contributed by atoms with Gasteiger partial charge >= 0.3 is 11.9 Å². The molecule has 2 rings (SSSR count). The third-order valence-electron chi connectivity index (χ3n) is 5.05. The molecule has 0 aromatic heterocycles. The second kappa shape index (κ2) is 14.4. The fourth-order valence-electron chi connectivity index (χ4n) is 3.29. The van der Waals surface area contributed by atoms with Crippen LogP contribution in [-0.4, -0.2) is 18.5 Å². The van der Waals surface area contributed by atoms with E-state index in [0.29, 0.717) is 12.2 Å². The molecule has 162 valence electrons. The Morgan fingerprint density at radius 3 is 1.90 bits per heavy atom. The number of hydrogen-bond acceptors (Lipinski definition) is 4. The molecule has 0 aliphatic rings. The molecule has 0 unspecified atom stereocenters. The van der Waals surface area contributed by atoms with Crippen LogP contribution in [0.4, 0.5) is 0 Å². The number of para-hydroxylation sites is 1. The van der Waals surface area contributed by atoms with Crippen LogP contribution in [0, 0.1) is 0 Å². The lowest BCUT2D eigenvalue weighted by molar-refractivity contribution is 0.0492. The molecule has 4 heteroatoms. The summed E-state index contributed by atoms with van der Waals surface area (Å²) in [5.74, 6) is -0.729. The quantitative estimate of drug-likeness (QED) is 0.191. The predicted octanol–water partition coefficient (Wildman–Crippen LogP) is 6.98. The van der Waals surface area contributed by atoms with Crippen LogP contribution in [0.25, 0.3) is 0 Å². The van der Waals surface area contributed by atoms with Crippen LogP contribution in [0.5, 0.6) is 5.75 Å². The van der Waals surface area contributed by atoms with Gasteiger partial charge in [-0.3, -0.25) is 0 Å². The van der Waals surface area contributed by atoms with E-state index >= 15 is 0 Å². The Bertz CT molecular complexity index is 755. The van der Waals surface area contributed by atoms with Gasteiger partial charge in [-0.15, -0.1) is 0 Å². The third kappa shape index (κ3) is 8.81. The van der Waals surface area contributed by atoms with Gasteiger partial charge in [-0.25, -0.2) is 9.59 Å². The van der Waals surface area contributed by atoms with Crippen molar-refractivity contribution in [3.8, 4) is 5.75 Å². The molecule has 0 N–H and O–H groups in total. The highest BCUT2D eigenvalue weighted by Gasteiger charge is 2.17. The summed E-state index contributed by atoms with van der Waals surface area (Å²) >= 11 is 0. The molecular formula is C26H34O4. The molecule has 2 aromatic rings. The van der Waals surface area contributed by atoms with E-state index in [1.165, 1.54) is 51.4 Å². The van der Waals surface area contributed by atoms with Gasteiger partial charge in [0.2, 0.25) is 0 Å². The molecule has 0 atom stereocenters. The molecule has 0 radical (unpaired) electrons. The fraction of sp³-hybridized carbons (Fsp3) is 0.462. The Labute approximate surface area is 180 Å². The van der Waals surface area contributed by atoms with Crippen LogP contribution in [0.1, 0.15) is 91.8 Å². The van der Waals surface area contributed by atoms with Gasteiger partial charge in [0.15, 0.2) is 0 Å². The van der Waals surface area contributed by atoms with Crippen molar-refractivity contribution < 1.29 is 19.1 Å². The highest BCUT2D eigenvalue weighted by Crippen LogP contribution is 2.21. The van der Waals surface area contributed by atoms with Gasteiger partial charge in [-0.2, -0.15) is 0 Å². The Morgan fingerprint density at radius 2 is 1.23 bits per heavy atom. The highest BCUT2D eigenvalue weighted by molar-refractivity contribution is 5.96. The minimum absolute atomic E-state index is 0.222. The SMILES string of the molecule is CCCCCCCCCCCCOC(=O)c1ccccc1OC(=O)c1ccccc1. The molecular weight excluding hydrogens is 376 g/mol. The summed E-state index contributed by atoms with van der Waals surface area (Å²) in [5, 5.41) is 0. The first-order chi connectivity index (χ1) is 14.7. The van der Waals surface area contributed by atoms with E-state index in [2.05, 4.69) is 6.92 Å². The molecule has 4 nitrogen and oxygen atoms in total. The van der Waals surface area contributed by atoms with E-state index in [4.69, 9.17) is 9.47 Å². The van der Waals surface area contributed by atoms with Gasteiger partial charge in [0.05, 0.1) is 12.2 Å². The van der Waals surface area contributed by atoms with E-state index in [1.807, 2.05) is 6.07 Å². The van der Waals surface area contributed by atoms with Gasteiger partial charge in [-0.1, -0.05) is 95.0 Å². The summed E-state index contributed by atoms with van der Waals surface area (Å²) in [4.78, 5) is 24.7. The van der Waals surface area contributed by atoms with Crippen molar-refractivity contribution >= 4 is 11.9 Å². The van der Waals surface area contributed by atoms with Gasteiger partial charge in [-0.05, 0) is 30.7 Å². The molecule has 2 aromatic carbocycles. The first kappa shape index (κ1) is 23.7. The molecule has 30 heavy (non-hydrogen) atoms. The van der Waals surface area contributed by atoms with E-state index in [1.54, 1.807) is 48.5 Å². The van der Waals surface area contributed by atoms with Crippen LogP contribution < -0.4 is 4.74 Å². The molecule has 0 heterocycles. The summed E-state index contributed by atoms with van der Waals surface area (Å²) in [6.45, 7) is 2.62. The minimum Gasteiger partial charge on any atom is -0.462 e. The summed E-state index contributed by atoms with van der Waals surface area (Å²) in [6.07, 6.45) is 12.3. The number of unbranched alkanes of at least 4 members (excludes halogenated alkanes) is 9. The van der Waals surface area contributed by atoms with Crippen molar-refractivity contribution in [1.29, 1.82) is 0 Å². The molecule has 0 aliphatic carbocycles. The van der Waals surface area contributed by atoms with Gasteiger partial charge in [0.1, 0.15) is 11.3 Å². The molecule has 0 bridgehead atoms. The smallest absolute Gasteiger partial charge is 0.343 e. The highest BCUT2D eigenvalue weighted by atomic mass is 16.5. The van der Waals surface area contributed by atoms with Crippen molar-refractivity contribution in [2.75, 3.05) is 6.61 Å². The molecule has 0 fully saturated rings. The second-order valence-electron chi connectivity index (χ2n) is 7.57. The average Bonchev–Trinajstić information content (AvgIpc) is 2.78. The lowest BCUT2D eigenvalue weighted by Gasteiger charge is -2.10. The normalized spacial score (nSPS) is 10.6. The number of benzene rings is 2. The Hall–Kier alpha value is -2.62. The van der Waals surface area contributed by atoms with Crippen molar-refractivity contribution in [2.24, 2.45) is 0 Å². The number of rotatable bonds is 14. The standard InChI is InChI=1S/C26H34O4/c1-2-3-4-5-6-7-8-9-10-16-21-29-26(28)23-19-14-15-20-24(23)30-25(27)22-17-12-11-13-18-22/h11-15,17-20H,2-10,16,21H2,1H3. The van der Waals surface area contributed by atoms with Crippen molar-refractivity contribution in [3.05, 3.63) is 65.7 Å². The molecule has 0 spiro atoms. The second-order valence-corrected chi connectivity index (χ2v) is 7.57. The topological polar surface area (TPSA) is 52.6 Å². The molecule has 0 aliphatic heterocycles. The zero-order valence-corrected chi connectivity index (χ0v) is 18.1. The number of hydrogen-bond donors (Lipinski definition) is 0. The number of ether oxygens (including phenoxy) is 2. The Morgan fingerprint density at radius 1 is 0.667 bits per heavy atom. The van der Waals surface area contributed by atoms with Crippen LogP contribution in [0.2, 0.25) is 0 Å². The van der Waals surface area contributed by atoms with Gasteiger partial charge in [0.25, 0.3) is 0 Å². The Kier molecular flexibility index (Phi) is 11.3. The first-order valence-corrected chi connectivity index (χ1v) is 11.3. The van der Waals surface area contributed by atoms with E-state index < -0.39 is 11.9 Å². The summed E-state index contributed by atoms with van der Waals surface area (Å²) < 4.78 is 10.8. The van der Waals surface area contributed by atoms with E-state index in [0.717, 1.165) is 12.8 Å². The van der Waals surface area contributed by atoms with Crippen LogP contribution >= 0.6 is 0 Å². The minimum atomic E-state index is -0.495. The lowest BCUT2D eigenvalue weighted by atomic mass is 10.1. The molecule has 0 amide bonds. The van der Waals surface area contributed by atoms with Crippen molar-refractivity contribution in [3.63, 3.8) is 0 Å². The number of carbonyl (C=O) groups excluding carboxylic acids is 2. The zero-order chi connectivity index (χ0) is 21.4. The average molecular weight is 411 g/mol. The lowest BCUT2D eigenvalue weighted by Crippen LogP contribution is -2.13. The monoisotopic (exact) mass is 410 g/mol. The van der Waals surface area contributed by atoms with Crippen molar-refractivity contribution in [2.45, 2.75) is 71.1 Å². The maximum atomic E-state index is 12.4. The van der Waals surface area contributed by atoms with E-state index in [-0.39, 0.29) is 11.3 Å². The summed E-state index contributed by atoms with van der Waals surface area (Å²) in [5.41, 5.74) is 0.708. The van der Waals surface area contributed by atoms with Crippen LogP contribution in [0.3, 0.4) is 0 Å². The maximum Gasteiger partial charge on any atom is 0.343 e. The largest absolute Gasteiger partial charge is 0.462 e. The first-order valence-electron chi connectivity index (χ1n) is 11.3. The Balaban J connectivity index is 1.68. The molecule has 0 saturated heterocycles. The zero-order valence-electron chi connectivity index (χ0n) is 18.1. The fourth-order valence-corrected chi connectivity index (χ4v) is 3.29. The number of carbonyl (C=O) groups is 2. The maximum absolute atomic E-state index is 12.4. The summed E-state index contributed by atoms with van der Waals surface area (Å²) in [7, 11) is 0. The number of esters is 2. The van der Waals surface area contributed by atoms with Crippen LogP contribution in [0.15, 0.2) is 54.6 Å². The predicted molar refractivity (Wildman–Crippen MR) is 120 cm³/mol. The van der Waals surface area contributed by atoms with Gasteiger partial charge in [0, 0.05) is 0 Å². The van der Waals surface area contributed by atoms with Crippen LogP contribution in [-0.2, 0) is 4.74 Å². The third-order valence-corrected chi connectivity index (χ3v) is 5.05. The van der Waals surface area contributed by atoms with E-state index in [9.17, 15) is 9.59 Å². The molecule has 0 saturated carbocycles.